The van der Waals surface area contributed by atoms with Crippen LogP contribution in [0.5, 0.6) is 0 Å². The van der Waals surface area contributed by atoms with Crippen LogP contribution in [0.3, 0.4) is 0 Å². The molecule has 178 valence electrons. The van der Waals surface area contributed by atoms with Crippen LogP contribution >= 0.6 is 0 Å². The van der Waals surface area contributed by atoms with E-state index in [0.717, 1.165) is 29.7 Å². The Kier molecular flexibility index (Phi) is 4.97. The minimum Gasteiger partial charge on any atom is -0.469 e. The first-order chi connectivity index (χ1) is 17.0. The van der Waals surface area contributed by atoms with Crippen molar-refractivity contribution in [3.63, 3.8) is 0 Å². The number of piperidine rings is 1. The first-order valence-electron chi connectivity index (χ1n) is 11.5. The van der Waals surface area contributed by atoms with Gasteiger partial charge in [0.25, 0.3) is 11.8 Å². The van der Waals surface area contributed by atoms with E-state index >= 15 is 0 Å². The molecule has 6 rings (SSSR count). The summed E-state index contributed by atoms with van der Waals surface area (Å²) >= 11 is 0. The number of hydrogen-bond acceptors (Lipinski definition) is 7. The summed E-state index contributed by atoms with van der Waals surface area (Å²) in [6, 6.07) is 6.46. The number of nitrogens with one attached hydrogen (secondary N) is 1. The highest BCUT2D eigenvalue weighted by Gasteiger charge is 2.39. The van der Waals surface area contributed by atoms with E-state index in [-0.39, 0.29) is 36.4 Å². The van der Waals surface area contributed by atoms with Gasteiger partial charge in [0.05, 0.1) is 18.1 Å². The highest BCUT2D eigenvalue weighted by molar-refractivity contribution is 6.05. The van der Waals surface area contributed by atoms with Crippen LogP contribution in [0.15, 0.2) is 41.1 Å². The van der Waals surface area contributed by atoms with Gasteiger partial charge in [-0.05, 0) is 42.7 Å². The van der Waals surface area contributed by atoms with Crippen LogP contribution in [0.4, 0.5) is 0 Å². The summed E-state index contributed by atoms with van der Waals surface area (Å²) in [5, 5.41) is 10.5. The lowest BCUT2D eigenvalue weighted by Crippen LogP contribution is -2.52. The van der Waals surface area contributed by atoms with Gasteiger partial charge in [0.1, 0.15) is 11.8 Å². The summed E-state index contributed by atoms with van der Waals surface area (Å²) < 4.78 is 7.01. The van der Waals surface area contributed by atoms with Crippen LogP contribution in [0.1, 0.15) is 57.0 Å². The van der Waals surface area contributed by atoms with E-state index < -0.39 is 11.9 Å². The fraction of sp³-hybridized carbons (Fsp3) is 0.333. The molecule has 11 nitrogen and oxygen atoms in total. The van der Waals surface area contributed by atoms with Crippen molar-refractivity contribution >= 4 is 23.6 Å². The summed E-state index contributed by atoms with van der Waals surface area (Å²) in [7, 11) is 0. The zero-order valence-electron chi connectivity index (χ0n) is 18.8. The highest BCUT2D eigenvalue weighted by atomic mass is 16.3. The Labute approximate surface area is 199 Å². The summed E-state index contributed by atoms with van der Waals surface area (Å²) in [5.74, 6) is -0.290. The van der Waals surface area contributed by atoms with E-state index in [1.807, 2.05) is 12.1 Å². The Morgan fingerprint density at radius 3 is 2.83 bits per heavy atom. The van der Waals surface area contributed by atoms with Crippen molar-refractivity contribution in [2.75, 3.05) is 6.54 Å². The Morgan fingerprint density at radius 2 is 1.97 bits per heavy atom. The van der Waals surface area contributed by atoms with Gasteiger partial charge in [-0.15, -0.1) is 5.10 Å². The van der Waals surface area contributed by atoms with Gasteiger partial charge in [-0.1, -0.05) is 5.21 Å². The third-order valence-electron chi connectivity index (χ3n) is 6.80. The summed E-state index contributed by atoms with van der Waals surface area (Å²) in [6.45, 7) is 1.33. The molecule has 1 saturated heterocycles. The van der Waals surface area contributed by atoms with Gasteiger partial charge in [0.15, 0.2) is 5.69 Å². The maximum atomic E-state index is 13.1. The molecule has 35 heavy (non-hydrogen) atoms. The lowest BCUT2D eigenvalue weighted by molar-refractivity contribution is -0.136. The van der Waals surface area contributed by atoms with Gasteiger partial charge in [0.2, 0.25) is 11.8 Å². The third kappa shape index (κ3) is 3.69. The molecule has 0 spiro atoms. The number of benzene rings is 1. The molecule has 1 N–H and O–H groups in total. The second kappa shape index (κ2) is 8.19. The molecule has 3 aliphatic rings. The van der Waals surface area contributed by atoms with Gasteiger partial charge in [0, 0.05) is 43.6 Å². The lowest BCUT2D eigenvalue weighted by atomic mass is 10.0. The van der Waals surface area contributed by atoms with Crippen LogP contribution in [-0.2, 0) is 29.1 Å². The molecule has 0 aliphatic carbocycles. The molecule has 1 atom stereocenters. The average molecular weight is 474 g/mol. The van der Waals surface area contributed by atoms with Crippen molar-refractivity contribution in [2.24, 2.45) is 0 Å². The van der Waals surface area contributed by atoms with E-state index in [2.05, 4.69) is 15.6 Å². The summed E-state index contributed by atoms with van der Waals surface area (Å²) in [5.41, 5.74) is 3.16. The molecule has 0 saturated carbocycles. The van der Waals surface area contributed by atoms with Crippen molar-refractivity contribution in [1.29, 1.82) is 0 Å². The number of hydrogen-bond donors (Lipinski definition) is 1. The molecule has 3 aromatic rings. The number of fused-ring (bicyclic) bond motifs is 2. The average Bonchev–Trinajstić information content (AvgIpc) is 3.55. The third-order valence-corrected chi connectivity index (χ3v) is 6.80. The molecule has 0 bridgehead atoms. The number of aryl methyl sites for hydroxylation is 1. The Hall–Kier alpha value is -4.28. The summed E-state index contributed by atoms with van der Waals surface area (Å²) in [4.78, 5) is 53.0. The molecule has 11 heteroatoms. The molecular weight excluding hydrogens is 452 g/mol. The molecule has 0 radical (unpaired) electrons. The van der Waals surface area contributed by atoms with Crippen molar-refractivity contribution in [3.8, 4) is 5.69 Å². The quantitative estimate of drug-likeness (QED) is 0.565. The van der Waals surface area contributed by atoms with Gasteiger partial charge in [-0.25, -0.2) is 4.68 Å². The summed E-state index contributed by atoms with van der Waals surface area (Å²) in [6.07, 6.45) is 5.35. The molecule has 2 aromatic heterocycles. The van der Waals surface area contributed by atoms with E-state index in [1.54, 1.807) is 29.5 Å². The van der Waals surface area contributed by atoms with E-state index in [9.17, 15) is 19.2 Å². The number of aromatic nitrogens is 3. The van der Waals surface area contributed by atoms with Crippen molar-refractivity contribution in [3.05, 3.63) is 64.9 Å². The molecule has 5 heterocycles. The fourth-order valence-corrected chi connectivity index (χ4v) is 4.97. The van der Waals surface area contributed by atoms with Crippen LogP contribution < -0.4 is 5.32 Å². The Balaban J connectivity index is 1.20. The Bertz CT molecular complexity index is 1370. The van der Waals surface area contributed by atoms with Gasteiger partial charge in [-0.2, -0.15) is 0 Å². The minimum atomic E-state index is -0.670. The fourth-order valence-electron chi connectivity index (χ4n) is 4.97. The first kappa shape index (κ1) is 21.3. The van der Waals surface area contributed by atoms with Crippen LogP contribution in [-0.4, -0.2) is 61.0 Å². The molecule has 1 aromatic carbocycles. The van der Waals surface area contributed by atoms with Crippen molar-refractivity contribution in [1.82, 2.24) is 30.1 Å². The SMILES string of the molecule is O=C1CCC(N2Cc3cc(-n4cc(C(=O)N5CCCc6occc6C5)nn4)ccc3C2=O)C(=O)N1. The maximum absolute atomic E-state index is 13.1. The van der Waals surface area contributed by atoms with Crippen LogP contribution in [0.25, 0.3) is 5.69 Å². The van der Waals surface area contributed by atoms with E-state index in [4.69, 9.17) is 4.42 Å². The monoisotopic (exact) mass is 474 g/mol. The number of rotatable bonds is 3. The topological polar surface area (TPSA) is 131 Å². The van der Waals surface area contributed by atoms with Crippen molar-refractivity contribution < 1.29 is 23.6 Å². The van der Waals surface area contributed by atoms with Gasteiger partial charge < -0.3 is 14.2 Å². The van der Waals surface area contributed by atoms with Gasteiger partial charge >= 0.3 is 0 Å². The lowest BCUT2D eigenvalue weighted by Gasteiger charge is -2.29. The number of amides is 4. The standard InChI is InChI=1S/C24H22N6O5/c31-21-6-5-19(22(32)25-21)29-12-15-10-16(3-4-17(15)23(29)33)30-13-18(26-27-30)24(34)28-8-1-2-20-14(11-28)7-9-35-20/h3-4,7,9-10,13,19H,1-2,5-6,8,11-12H2,(H,25,31,32). The number of carbonyl (C=O) groups excluding carboxylic acids is 4. The number of imide groups is 1. The zero-order chi connectivity index (χ0) is 24.1. The smallest absolute Gasteiger partial charge is 0.276 e. The predicted octanol–water partition coefficient (Wildman–Crippen LogP) is 1.21. The molecule has 1 fully saturated rings. The highest BCUT2D eigenvalue weighted by Crippen LogP contribution is 2.29. The maximum Gasteiger partial charge on any atom is 0.276 e. The molecular formula is C24H22N6O5. The number of carbonyl (C=O) groups is 4. The number of furan rings is 1. The molecule has 4 amide bonds. The molecule has 1 unspecified atom stereocenters. The first-order valence-corrected chi connectivity index (χ1v) is 11.5. The predicted molar refractivity (Wildman–Crippen MR) is 119 cm³/mol. The molecule has 3 aliphatic heterocycles. The Morgan fingerprint density at radius 1 is 1.09 bits per heavy atom. The largest absolute Gasteiger partial charge is 0.469 e. The second-order valence-electron chi connectivity index (χ2n) is 8.99. The van der Waals surface area contributed by atoms with Crippen molar-refractivity contribution in [2.45, 2.75) is 44.8 Å². The van der Waals surface area contributed by atoms with Crippen LogP contribution in [0, 0.1) is 0 Å². The van der Waals surface area contributed by atoms with Gasteiger partial charge in [-0.3, -0.25) is 24.5 Å². The number of nitrogens with zero attached hydrogens (tertiary/aromatic N) is 5. The zero-order valence-corrected chi connectivity index (χ0v) is 18.8. The van der Waals surface area contributed by atoms with Crippen LogP contribution in [0.2, 0.25) is 0 Å². The normalized spacial score (nSPS) is 19.9. The second-order valence-corrected chi connectivity index (χ2v) is 8.99. The van der Waals surface area contributed by atoms with E-state index in [1.165, 1.54) is 9.58 Å². The van der Waals surface area contributed by atoms with E-state index in [0.29, 0.717) is 30.8 Å². The minimum absolute atomic E-state index is 0.203.